The molecule has 0 radical (unpaired) electrons. The Labute approximate surface area is 163 Å². The molecule has 4 rings (SSSR count). The number of benzene rings is 2. The summed E-state index contributed by atoms with van der Waals surface area (Å²) in [6.45, 7) is 1.44. The highest BCUT2D eigenvalue weighted by Crippen LogP contribution is 2.42. The van der Waals surface area contributed by atoms with Crippen molar-refractivity contribution in [1.82, 2.24) is 9.91 Å². The highest BCUT2D eigenvalue weighted by atomic mass is 19.1. The lowest BCUT2D eigenvalue weighted by Gasteiger charge is -2.31. The Bertz CT molecular complexity index is 903. The monoisotopic (exact) mass is 382 g/mol. The van der Waals surface area contributed by atoms with Gasteiger partial charge in [-0.2, -0.15) is 5.10 Å². The van der Waals surface area contributed by atoms with Crippen molar-refractivity contribution < 1.29 is 13.9 Å². The molecule has 0 unspecified atom stereocenters. The van der Waals surface area contributed by atoms with Crippen LogP contribution in [0, 0.1) is 11.7 Å². The van der Waals surface area contributed by atoms with E-state index in [0.717, 1.165) is 5.56 Å². The Balaban J connectivity index is 1.74. The topological polar surface area (TPSA) is 71.2 Å². The second-order valence-electron chi connectivity index (χ2n) is 7.09. The van der Waals surface area contributed by atoms with Crippen LogP contribution in [0.4, 0.5) is 9.18 Å². The summed E-state index contributed by atoms with van der Waals surface area (Å²) < 4.78 is 19.8. The van der Waals surface area contributed by atoms with Crippen molar-refractivity contribution in [3.8, 4) is 5.75 Å². The fourth-order valence-electron chi connectivity index (χ4n) is 3.79. The summed E-state index contributed by atoms with van der Waals surface area (Å²) in [6.07, 6.45) is 0.712. The lowest BCUT2D eigenvalue weighted by molar-refractivity contribution is 0.133. The number of nitrogens with two attached hydrogens (primary N) is 1. The molecule has 0 aromatic heterocycles. The zero-order valence-electron chi connectivity index (χ0n) is 15.7. The summed E-state index contributed by atoms with van der Waals surface area (Å²) in [7, 11) is 1.74. The van der Waals surface area contributed by atoms with Crippen molar-refractivity contribution in [2.45, 2.75) is 12.5 Å². The molecule has 2 aliphatic rings. The third kappa shape index (κ3) is 3.22. The van der Waals surface area contributed by atoms with E-state index in [1.54, 1.807) is 18.0 Å². The lowest BCUT2D eigenvalue weighted by Crippen LogP contribution is -2.41. The lowest BCUT2D eigenvalue weighted by atomic mass is 9.86. The molecule has 0 aliphatic carbocycles. The normalized spacial score (nSPS) is 20.1. The van der Waals surface area contributed by atoms with Crippen molar-refractivity contribution >= 4 is 11.7 Å². The number of hydrazone groups is 1. The zero-order valence-corrected chi connectivity index (χ0v) is 15.7. The molecule has 2 N–H and O–H groups in total. The molecule has 0 spiro atoms. The van der Waals surface area contributed by atoms with Gasteiger partial charge in [0.2, 0.25) is 0 Å². The van der Waals surface area contributed by atoms with E-state index >= 15 is 0 Å². The van der Waals surface area contributed by atoms with Crippen molar-refractivity contribution in [3.05, 3.63) is 65.5 Å². The van der Waals surface area contributed by atoms with Gasteiger partial charge in [0.1, 0.15) is 11.6 Å². The fourth-order valence-corrected chi connectivity index (χ4v) is 3.79. The molecule has 0 bridgehead atoms. The number of fused-ring (bicyclic) bond motifs is 3. The van der Waals surface area contributed by atoms with Gasteiger partial charge in [-0.05, 0) is 36.7 Å². The van der Waals surface area contributed by atoms with E-state index in [0.29, 0.717) is 43.1 Å². The average Bonchev–Trinajstić information content (AvgIpc) is 3.12. The maximum Gasteiger partial charge on any atom is 0.340 e. The van der Waals surface area contributed by atoms with Gasteiger partial charge < -0.3 is 15.4 Å². The summed E-state index contributed by atoms with van der Waals surface area (Å²) in [4.78, 5) is 14.8. The molecule has 2 atom stereocenters. The number of halogens is 1. The van der Waals surface area contributed by atoms with Gasteiger partial charge in [-0.25, -0.2) is 14.2 Å². The van der Waals surface area contributed by atoms with Crippen molar-refractivity contribution in [1.29, 1.82) is 0 Å². The molecule has 7 heteroatoms. The third-order valence-electron chi connectivity index (χ3n) is 5.21. The summed E-state index contributed by atoms with van der Waals surface area (Å²) >= 11 is 0. The standard InChI is InChI=1S/C21H23FN4O2/c1-25(11-5-10-23)21(27)26-20(14-6-3-2-4-7-14)17-13-28-18-9-8-15(22)12-16(18)19(17)24-26/h2-4,6-9,12,17,20H,5,10-11,13,23H2,1H3/t17-,20+/m0/s1. The van der Waals surface area contributed by atoms with E-state index in [-0.39, 0.29) is 23.8 Å². The van der Waals surface area contributed by atoms with E-state index in [1.165, 1.54) is 17.1 Å². The number of rotatable bonds is 4. The van der Waals surface area contributed by atoms with Gasteiger partial charge in [-0.1, -0.05) is 30.3 Å². The first-order valence-corrected chi connectivity index (χ1v) is 9.40. The van der Waals surface area contributed by atoms with Crippen LogP contribution in [0.25, 0.3) is 0 Å². The summed E-state index contributed by atoms with van der Waals surface area (Å²) in [5, 5.41) is 6.17. The predicted molar refractivity (Wildman–Crippen MR) is 105 cm³/mol. The van der Waals surface area contributed by atoms with Crippen LogP contribution in [0.5, 0.6) is 5.75 Å². The minimum absolute atomic E-state index is 0.163. The SMILES string of the molecule is CN(CCCN)C(=O)N1N=C2c3cc(F)ccc3OC[C@@H]2[C@H]1c1ccccc1. The molecule has 2 amide bonds. The van der Waals surface area contributed by atoms with Crippen LogP contribution in [0.1, 0.15) is 23.6 Å². The maximum absolute atomic E-state index is 13.9. The van der Waals surface area contributed by atoms with E-state index in [2.05, 4.69) is 5.10 Å². The van der Waals surface area contributed by atoms with Crippen LogP contribution in [-0.2, 0) is 0 Å². The van der Waals surface area contributed by atoms with E-state index < -0.39 is 0 Å². The Morgan fingerprint density at radius 3 is 2.86 bits per heavy atom. The molecule has 2 heterocycles. The van der Waals surface area contributed by atoms with Crippen LogP contribution in [-0.4, -0.2) is 48.4 Å². The smallest absolute Gasteiger partial charge is 0.340 e. The van der Waals surface area contributed by atoms with E-state index in [1.807, 2.05) is 30.3 Å². The van der Waals surface area contributed by atoms with Crippen molar-refractivity contribution in [2.75, 3.05) is 26.7 Å². The molecular formula is C21H23FN4O2. The van der Waals surface area contributed by atoms with Gasteiger partial charge in [0.15, 0.2) is 0 Å². The van der Waals surface area contributed by atoms with Gasteiger partial charge >= 0.3 is 6.03 Å². The zero-order chi connectivity index (χ0) is 19.7. The molecule has 146 valence electrons. The van der Waals surface area contributed by atoms with Crippen LogP contribution < -0.4 is 10.5 Å². The molecule has 6 nitrogen and oxygen atoms in total. The van der Waals surface area contributed by atoms with Crippen LogP contribution in [0.3, 0.4) is 0 Å². The van der Waals surface area contributed by atoms with Crippen molar-refractivity contribution in [2.24, 2.45) is 16.8 Å². The predicted octanol–water partition coefficient (Wildman–Crippen LogP) is 3.00. The van der Waals surface area contributed by atoms with Gasteiger partial charge in [-0.15, -0.1) is 0 Å². The number of carbonyl (C=O) groups is 1. The van der Waals surface area contributed by atoms with E-state index in [9.17, 15) is 9.18 Å². The van der Waals surface area contributed by atoms with Crippen LogP contribution in [0.15, 0.2) is 53.6 Å². The quantitative estimate of drug-likeness (QED) is 0.884. The molecule has 2 aromatic rings. The number of hydrogen-bond donors (Lipinski definition) is 1. The molecule has 0 saturated heterocycles. The first kappa shape index (κ1) is 18.4. The molecular weight excluding hydrogens is 359 g/mol. The van der Waals surface area contributed by atoms with E-state index in [4.69, 9.17) is 10.5 Å². The Morgan fingerprint density at radius 2 is 2.11 bits per heavy atom. The first-order valence-electron chi connectivity index (χ1n) is 9.40. The Hall–Kier alpha value is -2.93. The minimum Gasteiger partial charge on any atom is -0.492 e. The summed E-state index contributed by atoms with van der Waals surface area (Å²) in [6, 6.07) is 13.6. The van der Waals surface area contributed by atoms with Gasteiger partial charge in [0, 0.05) is 19.2 Å². The first-order chi connectivity index (χ1) is 13.6. The second-order valence-corrected chi connectivity index (χ2v) is 7.09. The molecule has 2 aliphatic heterocycles. The summed E-state index contributed by atoms with van der Waals surface area (Å²) in [5.74, 6) is 0.0735. The number of hydrogen-bond acceptors (Lipinski definition) is 4. The molecule has 0 fully saturated rings. The van der Waals surface area contributed by atoms with Gasteiger partial charge in [0.25, 0.3) is 0 Å². The van der Waals surface area contributed by atoms with Crippen molar-refractivity contribution in [3.63, 3.8) is 0 Å². The Kier molecular flexibility index (Phi) is 5.00. The molecule has 0 saturated carbocycles. The largest absolute Gasteiger partial charge is 0.492 e. The number of amides is 2. The summed E-state index contributed by atoms with van der Waals surface area (Å²) in [5.41, 5.74) is 7.85. The number of ether oxygens (including phenoxy) is 1. The molecule has 28 heavy (non-hydrogen) atoms. The van der Waals surface area contributed by atoms with Gasteiger partial charge in [-0.3, -0.25) is 0 Å². The highest BCUT2D eigenvalue weighted by Gasteiger charge is 2.45. The number of carbonyl (C=O) groups excluding carboxylic acids is 1. The number of urea groups is 1. The maximum atomic E-state index is 13.9. The van der Waals surface area contributed by atoms with Crippen LogP contribution in [0.2, 0.25) is 0 Å². The highest BCUT2D eigenvalue weighted by molar-refractivity contribution is 6.07. The minimum atomic E-state index is -0.355. The van der Waals surface area contributed by atoms with Crippen LogP contribution >= 0.6 is 0 Å². The molecule has 2 aromatic carbocycles. The second kappa shape index (κ2) is 7.59. The van der Waals surface area contributed by atoms with Gasteiger partial charge in [0.05, 0.1) is 24.3 Å². The fraction of sp³-hybridized carbons (Fsp3) is 0.333. The Morgan fingerprint density at radius 1 is 1.32 bits per heavy atom. The number of nitrogens with zero attached hydrogens (tertiary/aromatic N) is 3. The third-order valence-corrected chi connectivity index (χ3v) is 5.21. The average molecular weight is 382 g/mol.